The molecule has 1 aliphatic carbocycles. The van der Waals surface area contributed by atoms with Crippen LogP contribution < -0.4 is 5.73 Å². The minimum absolute atomic E-state index is 0.374. The van der Waals surface area contributed by atoms with Gasteiger partial charge < -0.3 is 5.73 Å². The third-order valence-corrected chi connectivity index (χ3v) is 2.18. The lowest BCUT2D eigenvalue weighted by molar-refractivity contribution is 0.734. The third kappa shape index (κ3) is 1.93. The molecule has 1 saturated carbocycles. The molecule has 0 spiro atoms. The van der Waals surface area contributed by atoms with Gasteiger partial charge in [-0.15, -0.1) is 0 Å². The molecule has 0 aromatic rings. The summed E-state index contributed by atoms with van der Waals surface area (Å²) in [6.07, 6.45) is 7.76. The Morgan fingerprint density at radius 2 is 2.09 bits per heavy atom. The second kappa shape index (κ2) is 3.72. The normalized spacial score (nSPS) is 32.1. The number of hydrogen-bond donors (Lipinski definition) is 1. The van der Waals surface area contributed by atoms with Crippen molar-refractivity contribution >= 4 is 0 Å². The lowest BCUT2D eigenvalue weighted by Gasteiger charge is -1.96. The summed E-state index contributed by atoms with van der Waals surface area (Å²) in [6.45, 7) is 4.26. The lowest BCUT2D eigenvalue weighted by Crippen LogP contribution is -2.13. The molecular weight excluding hydrogens is 134 g/mol. The molecule has 11 heavy (non-hydrogen) atoms. The van der Waals surface area contributed by atoms with Gasteiger partial charge in [0.05, 0.1) is 0 Å². The van der Waals surface area contributed by atoms with E-state index in [1.54, 1.807) is 0 Å². The van der Waals surface area contributed by atoms with E-state index in [-0.39, 0.29) is 0 Å². The summed E-state index contributed by atoms with van der Waals surface area (Å²) >= 11 is 0. The molecule has 0 heterocycles. The maximum Gasteiger partial charge on any atom is 0.0120 e. The highest BCUT2D eigenvalue weighted by Crippen LogP contribution is 2.29. The Balaban J connectivity index is 2.73. The summed E-state index contributed by atoms with van der Waals surface area (Å²) < 4.78 is 0. The molecule has 2 N–H and O–H groups in total. The highest BCUT2D eigenvalue weighted by Gasteiger charge is 2.18. The minimum atomic E-state index is 0.374. The zero-order valence-electron chi connectivity index (χ0n) is 7.43. The molecule has 1 atom stereocenters. The Hall–Kier alpha value is -0.560. The molecule has 0 aliphatic heterocycles. The quantitative estimate of drug-likeness (QED) is 0.612. The zero-order valence-corrected chi connectivity index (χ0v) is 7.43. The van der Waals surface area contributed by atoms with Crippen LogP contribution in [0.2, 0.25) is 0 Å². The van der Waals surface area contributed by atoms with Crippen molar-refractivity contribution < 1.29 is 0 Å². The van der Waals surface area contributed by atoms with Gasteiger partial charge in [0.1, 0.15) is 0 Å². The monoisotopic (exact) mass is 151 g/mol. The van der Waals surface area contributed by atoms with Crippen LogP contribution in [-0.2, 0) is 0 Å². The Morgan fingerprint density at radius 1 is 1.45 bits per heavy atom. The van der Waals surface area contributed by atoms with Gasteiger partial charge in [-0.2, -0.15) is 0 Å². The van der Waals surface area contributed by atoms with Gasteiger partial charge in [0.25, 0.3) is 0 Å². The van der Waals surface area contributed by atoms with Crippen molar-refractivity contribution in [3.8, 4) is 0 Å². The van der Waals surface area contributed by atoms with Crippen LogP contribution in [-0.4, -0.2) is 6.04 Å². The van der Waals surface area contributed by atoms with Gasteiger partial charge in [-0.05, 0) is 37.3 Å². The fourth-order valence-electron chi connectivity index (χ4n) is 1.66. The topological polar surface area (TPSA) is 26.0 Å². The lowest BCUT2D eigenvalue weighted by atomic mass is 10.1. The Labute approximate surface area is 69.0 Å². The van der Waals surface area contributed by atoms with Gasteiger partial charge >= 0.3 is 0 Å². The van der Waals surface area contributed by atoms with E-state index in [2.05, 4.69) is 26.0 Å². The predicted molar refractivity (Wildman–Crippen MR) is 49.3 cm³/mol. The third-order valence-electron chi connectivity index (χ3n) is 2.18. The van der Waals surface area contributed by atoms with Crippen LogP contribution in [0.5, 0.6) is 0 Å². The molecule has 1 fully saturated rings. The minimum Gasteiger partial charge on any atom is -0.327 e. The van der Waals surface area contributed by atoms with E-state index in [0.717, 1.165) is 19.3 Å². The van der Waals surface area contributed by atoms with Crippen molar-refractivity contribution in [1.82, 2.24) is 0 Å². The standard InChI is InChI=1S/C10H17N/c1-3-5-9-7-10(11)6-8(9)4-2/h4-5,10H,3,6-7,11H2,1-2H3/b8-4-,9-5-. The van der Waals surface area contributed by atoms with Crippen LogP contribution in [0, 0.1) is 0 Å². The predicted octanol–water partition coefficient (Wildman–Crippen LogP) is 2.39. The van der Waals surface area contributed by atoms with Crippen LogP contribution in [0.3, 0.4) is 0 Å². The summed E-state index contributed by atoms with van der Waals surface area (Å²) in [5.74, 6) is 0. The van der Waals surface area contributed by atoms with Crippen molar-refractivity contribution in [2.45, 2.75) is 39.2 Å². The fraction of sp³-hybridized carbons (Fsp3) is 0.600. The smallest absolute Gasteiger partial charge is 0.0120 e. The number of rotatable bonds is 1. The molecular formula is C10H17N. The van der Waals surface area contributed by atoms with Crippen molar-refractivity contribution in [3.63, 3.8) is 0 Å². The average molecular weight is 151 g/mol. The first-order chi connectivity index (χ1) is 5.27. The van der Waals surface area contributed by atoms with Crippen molar-refractivity contribution in [3.05, 3.63) is 23.3 Å². The summed E-state index contributed by atoms with van der Waals surface area (Å²) in [6, 6.07) is 0.374. The maximum absolute atomic E-state index is 5.84. The van der Waals surface area contributed by atoms with Crippen molar-refractivity contribution in [2.24, 2.45) is 5.73 Å². The highest BCUT2D eigenvalue weighted by molar-refractivity contribution is 5.36. The van der Waals surface area contributed by atoms with E-state index in [1.165, 1.54) is 11.1 Å². The van der Waals surface area contributed by atoms with Gasteiger partial charge in [-0.3, -0.25) is 0 Å². The van der Waals surface area contributed by atoms with Gasteiger partial charge in [0, 0.05) is 6.04 Å². The average Bonchev–Trinajstić information content (AvgIpc) is 2.32. The van der Waals surface area contributed by atoms with Crippen molar-refractivity contribution in [1.29, 1.82) is 0 Å². The van der Waals surface area contributed by atoms with Gasteiger partial charge in [-0.25, -0.2) is 0 Å². The van der Waals surface area contributed by atoms with Gasteiger partial charge in [-0.1, -0.05) is 19.1 Å². The molecule has 1 rings (SSSR count). The maximum atomic E-state index is 5.84. The molecule has 1 nitrogen and oxygen atoms in total. The first-order valence-corrected chi connectivity index (χ1v) is 4.38. The molecule has 1 heteroatoms. The van der Waals surface area contributed by atoms with E-state index in [0.29, 0.717) is 6.04 Å². The van der Waals surface area contributed by atoms with E-state index in [4.69, 9.17) is 5.73 Å². The molecule has 0 aromatic carbocycles. The first kappa shape index (κ1) is 8.54. The fourth-order valence-corrected chi connectivity index (χ4v) is 1.66. The summed E-state index contributed by atoms with van der Waals surface area (Å²) in [4.78, 5) is 0. The van der Waals surface area contributed by atoms with E-state index < -0.39 is 0 Å². The molecule has 62 valence electrons. The summed E-state index contributed by atoms with van der Waals surface area (Å²) in [5, 5.41) is 0. The van der Waals surface area contributed by atoms with Crippen LogP contribution in [0.25, 0.3) is 0 Å². The summed E-state index contributed by atoms with van der Waals surface area (Å²) in [7, 11) is 0. The Morgan fingerprint density at radius 3 is 2.64 bits per heavy atom. The molecule has 0 radical (unpaired) electrons. The largest absolute Gasteiger partial charge is 0.327 e. The summed E-state index contributed by atoms with van der Waals surface area (Å²) in [5.41, 5.74) is 8.77. The molecule has 1 unspecified atom stereocenters. The van der Waals surface area contributed by atoms with Gasteiger partial charge in [0.15, 0.2) is 0 Å². The highest BCUT2D eigenvalue weighted by atomic mass is 14.6. The van der Waals surface area contributed by atoms with Crippen molar-refractivity contribution in [2.75, 3.05) is 0 Å². The Bertz CT molecular complexity index is 189. The molecule has 0 bridgehead atoms. The Kier molecular flexibility index (Phi) is 2.89. The second-order valence-corrected chi connectivity index (χ2v) is 3.12. The molecule has 0 amide bonds. The molecule has 1 aliphatic rings. The van der Waals surface area contributed by atoms with Crippen LogP contribution in [0.4, 0.5) is 0 Å². The van der Waals surface area contributed by atoms with E-state index in [1.807, 2.05) is 0 Å². The van der Waals surface area contributed by atoms with Crippen LogP contribution >= 0.6 is 0 Å². The van der Waals surface area contributed by atoms with Crippen LogP contribution in [0.1, 0.15) is 33.1 Å². The second-order valence-electron chi connectivity index (χ2n) is 3.12. The van der Waals surface area contributed by atoms with E-state index >= 15 is 0 Å². The van der Waals surface area contributed by atoms with Crippen LogP contribution in [0.15, 0.2) is 23.3 Å². The first-order valence-electron chi connectivity index (χ1n) is 4.38. The number of hydrogen-bond acceptors (Lipinski definition) is 1. The van der Waals surface area contributed by atoms with E-state index in [9.17, 15) is 0 Å². The number of allylic oxidation sites excluding steroid dienone is 2. The molecule has 0 saturated heterocycles. The molecule has 0 aromatic heterocycles. The SMILES string of the molecule is C/C=C1/CC(N)C/C1=C/CC. The zero-order chi connectivity index (χ0) is 8.27. The number of nitrogens with two attached hydrogens (primary N) is 1. The van der Waals surface area contributed by atoms with Gasteiger partial charge in [0.2, 0.25) is 0 Å².